The summed E-state index contributed by atoms with van der Waals surface area (Å²) in [6.07, 6.45) is 5.12. The molecule has 0 radical (unpaired) electrons. The predicted octanol–water partition coefficient (Wildman–Crippen LogP) is 0.957. The van der Waals surface area contributed by atoms with Crippen molar-refractivity contribution in [3.63, 3.8) is 0 Å². The fraction of sp³-hybridized carbons (Fsp3) is 0.867. The fourth-order valence-electron chi connectivity index (χ4n) is 2.72. The van der Waals surface area contributed by atoms with E-state index in [-0.39, 0.29) is 23.8 Å². The highest BCUT2D eigenvalue weighted by molar-refractivity contribution is 5.89. The van der Waals surface area contributed by atoms with E-state index in [9.17, 15) is 14.7 Å². The van der Waals surface area contributed by atoms with Gasteiger partial charge in [-0.2, -0.15) is 0 Å². The molecule has 2 amide bonds. The van der Waals surface area contributed by atoms with Gasteiger partial charge < -0.3 is 15.7 Å². The van der Waals surface area contributed by atoms with Gasteiger partial charge in [0, 0.05) is 12.0 Å². The van der Waals surface area contributed by atoms with E-state index in [1.807, 2.05) is 0 Å². The Labute approximate surface area is 120 Å². The zero-order valence-corrected chi connectivity index (χ0v) is 12.4. The number of amides is 2. The van der Waals surface area contributed by atoms with Crippen LogP contribution in [0.25, 0.3) is 0 Å². The van der Waals surface area contributed by atoms with E-state index in [1.165, 1.54) is 0 Å². The highest BCUT2D eigenvalue weighted by Crippen LogP contribution is 2.29. The molecule has 0 bridgehead atoms. The maximum atomic E-state index is 12.2. The minimum atomic E-state index is -0.875. The first-order valence-electron chi connectivity index (χ1n) is 7.76. The van der Waals surface area contributed by atoms with Gasteiger partial charge in [0.05, 0.1) is 6.10 Å². The number of aliphatic hydroxyl groups excluding tert-OH is 1. The van der Waals surface area contributed by atoms with E-state index >= 15 is 0 Å². The van der Waals surface area contributed by atoms with Crippen molar-refractivity contribution in [2.45, 2.75) is 70.6 Å². The lowest BCUT2D eigenvalue weighted by molar-refractivity contribution is -0.132. The Balaban J connectivity index is 1.84. The maximum Gasteiger partial charge on any atom is 0.245 e. The maximum absolute atomic E-state index is 12.2. The number of aliphatic hydroxyl groups is 1. The van der Waals surface area contributed by atoms with Crippen LogP contribution in [0.15, 0.2) is 0 Å². The SMILES string of the molecule is CC1CCC(NC(=O)C(NC(=O)C2CC2)C(C)O)CC1. The molecule has 0 spiro atoms. The number of carbonyl (C=O) groups is 2. The summed E-state index contributed by atoms with van der Waals surface area (Å²) in [5.41, 5.74) is 0. The van der Waals surface area contributed by atoms with Crippen molar-refractivity contribution >= 4 is 11.8 Å². The van der Waals surface area contributed by atoms with Crippen LogP contribution >= 0.6 is 0 Å². The minimum absolute atomic E-state index is 0.0413. The van der Waals surface area contributed by atoms with Crippen molar-refractivity contribution in [1.82, 2.24) is 10.6 Å². The Morgan fingerprint density at radius 3 is 2.20 bits per heavy atom. The molecule has 0 aromatic rings. The molecule has 2 unspecified atom stereocenters. The van der Waals surface area contributed by atoms with Crippen LogP contribution in [0.1, 0.15) is 52.4 Å². The van der Waals surface area contributed by atoms with Crippen molar-refractivity contribution < 1.29 is 14.7 Å². The summed E-state index contributed by atoms with van der Waals surface area (Å²) in [4.78, 5) is 24.0. The molecule has 3 N–H and O–H groups in total. The molecule has 114 valence electrons. The van der Waals surface area contributed by atoms with Crippen molar-refractivity contribution in [3.05, 3.63) is 0 Å². The van der Waals surface area contributed by atoms with E-state index in [1.54, 1.807) is 6.92 Å². The highest BCUT2D eigenvalue weighted by atomic mass is 16.3. The molecule has 2 aliphatic carbocycles. The quantitative estimate of drug-likeness (QED) is 0.702. The van der Waals surface area contributed by atoms with Gasteiger partial charge >= 0.3 is 0 Å². The Hall–Kier alpha value is -1.10. The van der Waals surface area contributed by atoms with Crippen LogP contribution in [0.3, 0.4) is 0 Å². The topological polar surface area (TPSA) is 78.4 Å². The number of carbonyl (C=O) groups excluding carboxylic acids is 2. The minimum Gasteiger partial charge on any atom is -0.391 e. The normalized spacial score (nSPS) is 29.4. The van der Waals surface area contributed by atoms with Gasteiger partial charge in [0.15, 0.2) is 0 Å². The zero-order valence-electron chi connectivity index (χ0n) is 12.4. The molecule has 0 aromatic heterocycles. The predicted molar refractivity (Wildman–Crippen MR) is 75.9 cm³/mol. The Morgan fingerprint density at radius 2 is 1.70 bits per heavy atom. The van der Waals surface area contributed by atoms with Crippen molar-refractivity contribution in [1.29, 1.82) is 0 Å². The van der Waals surface area contributed by atoms with Crippen LogP contribution in [0.2, 0.25) is 0 Å². The third-order valence-electron chi connectivity index (χ3n) is 4.37. The first-order valence-corrected chi connectivity index (χ1v) is 7.76. The lowest BCUT2D eigenvalue weighted by Crippen LogP contribution is -2.55. The van der Waals surface area contributed by atoms with Crippen LogP contribution in [0, 0.1) is 11.8 Å². The van der Waals surface area contributed by atoms with E-state index in [2.05, 4.69) is 17.6 Å². The van der Waals surface area contributed by atoms with Crippen molar-refractivity contribution in [2.75, 3.05) is 0 Å². The van der Waals surface area contributed by atoms with Crippen LogP contribution < -0.4 is 10.6 Å². The first kappa shape index (κ1) is 15.3. The number of rotatable bonds is 5. The van der Waals surface area contributed by atoms with Gasteiger partial charge in [-0.25, -0.2) is 0 Å². The average Bonchev–Trinajstić information content (AvgIpc) is 3.22. The summed E-state index contributed by atoms with van der Waals surface area (Å²) in [5.74, 6) is 0.404. The van der Waals surface area contributed by atoms with Gasteiger partial charge in [0.1, 0.15) is 6.04 Å². The molecule has 20 heavy (non-hydrogen) atoms. The molecule has 0 heterocycles. The second-order valence-electron chi connectivity index (χ2n) is 6.47. The van der Waals surface area contributed by atoms with Gasteiger partial charge in [-0.15, -0.1) is 0 Å². The van der Waals surface area contributed by atoms with E-state index in [4.69, 9.17) is 0 Å². The standard InChI is InChI=1S/C15H26N2O3/c1-9-3-7-12(8-4-9)16-15(20)13(10(2)18)17-14(19)11-5-6-11/h9-13,18H,3-8H2,1-2H3,(H,16,20)(H,17,19). The molecule has 2 rings (SSSR count). The van der Waals surface area contributed by atoms with Crippen LogP contribution in [-0.4, -0.2) is 35.1 Å². The van der Waals surface area contributed by atoms with Crippen LogP contribution in [0.5, 0.6) is 0 Å². The third kappa shape index (κ3) is 4.20. The number of hydrogen-bond donors (Lipinski definition) is 3. The second-order valence-corrected chi connectivity index (χ2v) is 6.47. The molecule has 2 fully saturated rings. The third-order valence-corrected chi connectivity index (χ3v) is 4.37. The lowest BCUT2D eigenvalue weighted by Gasteiger charge is -2.29. The van der Waals surface area contributed by atoms with E-state index < -0.39 is 12.1 Å². The van der Waals surface area contributed by atoms with Gasteiger partial charge in [-0.1, -0.05) is 6.92 Å². The summed E-state index contributed by atoms with van der Waals surface area (Å²) in [7, 11) is 0. The summed E-state index contributed by atoms with van der Waals surface area (Å²) in [6, 6.07) is -0.653. The van der Waals surface area contributed by atoms with Crippen LogP contribution in [0.4, 0.5) is 0 Å². The van der Waals surface area contributed by atoms with Gasteiger partial charge in [0.2, 0.25) is 11.8 Å². The van der Waals surface area contributed by atoms with Crippen molar-refractivity contribution in [3.8, 4) is 0 Å². The molecular formula is C15H26N2O3. The molecule has 2 aliphatic rings. The smallest absolute Gasteiger partial charge is 0.245 e. The Kier molecular flexibility index (Phi) is 5.02. The largest absolute Gasteiger partial charge is 0.391 e. The summed E-state index contributed by atoms with van der Waals surface area (Å²) >= 11 is 0. The van der Waals surface area contributed by atoms with Gasteiger partial charge in [0.25, 0.3) is 0 Å². The molecule has 5 heteroatoms. The molecular weight excluding hydrogens is 256 g/mol. The first-order chi connectivity index (χ1) is 9.47. The van der Waals surface area contributed by atoms with Gasteiger partial charge in [-0.3, -0.25) is 9.59 Å². The molecule has 0 saturated heterocycles. The fourth-order valence-corrected chi connectivity index (χ4v) is 2.72. The second kappa shape index (κ2) is 6.57. The summed E-state index contributed by atoms with van der Waals surface area (Å²) < 4.78 is 0. The molecule has 2 atom stereocenters. The number of hydrogen-bond acceptors (Lipinski definition) is 3. The Bertz CT molecular complexity index is 358. The zero-order chi connectivity index (χ0) is 14.7. The highest BCUT2D eigenvalue weighted by Gasteiger charge is 2.34. The molecule has 5 nitrogen and oxygen atoms in total. The molecule has 0 aliphatic heterocycles. The Morgan fingerprint density at radius 1 is 1.10 bits per heavy atom. The molecule has 2 saturated carbocycles. The van der Waals surface area contributed by atoms with Crippen LogP contribution in [-0.2, 0) is 9.59 Å². The van der Waals surface area contributed by atoms with Crippen molar-refractivity contribution in [2.24, 2.45) is 11.8 Å². The summed E-state index contributed by atoms with van der Waals surface area (Å²) in [5, 5.41) is 15.4. The van der Waals surface area contributed by atoms with Gasteiger partial charge in [-0.05, 0) is 51.4 Å². The van der Waals surface area contributed by atoms with E-state index in [0.29, 0.717) is 0 Å². The monoisotopic (exact) mass is 282 g/mol. The summed E-state index contributed by atoms with van der Waals surface area (Å²) in [6.45, 7) is 3.77. The molecule has 0 aromatic carbocycles. The number of nitrogens with one attached hydrogen (secondary N) is 2. The van der Waals surface area contributed by atoms with E-state index in [0.717, 1.165) is 44.4 Å². The lowest BCUT2D eigenvalue weighted by atomic mass is 9.87. The average molecular weight is 282 g/mol.